The van der Waals surface area contributed by atoms with Crippen LogP contribution in [0.4, 0.5) is 5.95 Å². The number of aliphatic hydroxyl groups is 4. The van der Waals surface area contributed by atoms with E-state index in [1.54, 1.807) is 0 Å². The number of nitrogens with one attached hydrogen (secondary N) is 1. The van der Waals surface area contributed by atoms with Crippen LogP contribution in [0.15, 0.2) is 6.33 Å². The number of aliphatic hydroxyl groups excluding tert-OH is 3. The third-order valence-electron chi connectivity index (χ3n) is 2.60. The van der Waals surface area contributed by atoms with E-state index >= 15 is 0 Å². The molecule has 100 valence electrons. The molecule has 1 fully saturated rings. The molecular formula is C8H12N4O6. The van der Waals surface area contributed by atoms with E-state index in [1.165, 1.54) is 0 Å². The first kappa shape index (κ1) is 12.9. The van der Waals surface area contributed by atoms with E-state index in [2.05, 4.69) is 15.4 Å². The molecule has 1 aromatic heterocycles. The van der Waals surface area contributed by atoms with Crippen LogP contribution in [-0.2, 0) is 15.4 Å². The molecule has 0 unspecified atom stereocenters. The second kappa shape index (κ2) is 4.59. The Morgan fingerprint density at radius 2 is 2.33 bits per heavy atom. The molecule has 4 atom stereocenters. The Balaban J connectivity index is 2.27. The van der Waals surface area contributed by atoms with Crippen LogP contribution in [0.25, 0.3) is 0 Å². The van der Waals surface area contributed by atoms with Crippen molar-refractivity contribution in [2.75, 3.05) is 11.9 Å². The van der Waals surface area contributed by atoms with E-state index in [0.717, 1.165) is 11.0 Å². The Kier molecular flexibility index (Phi) is 3.28. The monoisotopic (exact) mass is 260 g/mol. The van der Waals surface area contributed by atoms with E-state index in [1.807, 2.05) is 0 Å². The summed E-state index contributed by atoms with van der Waals surface area (Å²) >= 11 is 0. The summed E-state index contributed by atoms with van der Waals surface area (Å²) < 4.78 is 5.69. The number of amides is 1. The number of anilines is 1. The Morgan fingerprint density at radius 3 is 2.89 bits per heavy atom. The van der Waals surface area contributed by atoms with Crippen molar-refractivity contribution in [3.05, 3.63) is 6.33 Å². The molecule has 1 saturated heterocycles. The van der Waals surface area contributed by atoms with Crippen molar-refractivity contribution in [3.8, 4) is 0 Å². The van der Waals surface area contributed by atoms with E-state index in [-0.39, 0.29) is 5.95 Å². The summed E-state index contributed by atoms with van der Waals surface area (Å²) in [6, 6.07) is 0. The van der Waals surface area contributed by atoms with Gasteiger partial charge in [0.25, 0.3) is 5.91 Å². The Labute approximate surface area is 100 Å². The first-order chi connectivity index (χ1) is 8.52. The average molecular weight is 260 g/mol. The van der Waals surface area contributed by atoms with Crippen LogP contribution in [0.5, 0.6) is 0 Å². The molecule has 1 amide bonds. The highest BCUT2D eigenvalue weighted by Gasteiger charge is 2.55. The second-order valence-corrected chi connectivity index (χ2v) is 3.71. The molecule has 1 aliphatic heterocycles. The number of nitrogens with zero attached hydrogens (tertiary/aromatic N) is 3. The van der Waals surface area contributed by atoms with Crippen LogP contribution in [-0.4, -0.2) is 66.5 Å². The molecule has 0 aromatic carbocycles. The number of aromatic nitrogens is 3. The van der Waals surface area contributed by atoms with Crippen LogP contribution in [0.3, 0.4) is 0 Å². The fourth-order valence-electron chi connectivity index (χ4n) is 1.66. The van der Waals surface area contributed by atoms with Gasteiger partial charge in [-0.1, -0.05) is 0 Å². The molecule has 18 heavy (non-hydrogen) atoms. The molecule has 0 spiro atoms. The first-order valence-electron chi connectivity index (χ1n) is 5.02. The van der Waals surface area contributed by atoms with Crippen LogP contribution in [0.2, 0.25) is 0 Å². The van der Waals surface area contributed by atoms with Gasteiger partial charge in [0.05, 0.1) is 6.61 Å². The highest BCUT2D eigenvalue weighted by Crippen LogP contribution is 2.32. The topological polar surface area (TPSA) is 150 Å². The Morgan fingerprint density at radius 1 is 1.61 bits per heavy atom. The molecular weight excluding hydrogens is 248 g/mol. The predicted molar refractivity (Wildman–Crippen MR) is 53.9 cm³/mol. The second-order valence-electron chi connectivity index (χ2n) is 3.71. The number of carbonyl (C=O) groups excluding carboxylic acids is 1. The summed E-state index contributed by atoms with van der Waals surface area (Å²) in [6.45, 7) is -0.589. The molecule has 1 aromatic rings. The summed E-state index contributed by atoms with van der Waals surface area (Å²) in [5.41, 5.74) is 0. The van der Waals surface area contributed by atoms with Gasteiger partial charge >= 0.3 is 0 Å². The number of hydrogen-bond donors (Lipinski definition) is 5. The zero-order valence-corrected chi connectivity index (χ0v) is 9.04. The molecule has 2 heterocycles. The zero-order chi connectivity index (χ0) is 13.3. The van der Waals surface area contributed by atoms with Crippen molar-refractivity contribution in [1.29, 1.82) is 0 Å². The molecule has 0 saturated carbocycles. The van der Waals surface area contributed by atoms with E-state index in [4.69, 9.17) is 9.84 Å². The highest BCUT2D eigenvalue weighted by atomic mass is 16.7. The van der Waals surface area contributed by atoms with Gasteiger partial charge in [-0.05, 0) is 0 Å². The third kappa shape index (κ3) is 1.85. The van der Waals surface area contributed by atoms with Crippen molar-refractivity contribution < 1.29 is 30.0 Å². The fraction of sp³-hybridized carbons (Fsp3) is 0.625. The van der Waals surface area contributed by atoms with Gasteiger partial charge < -0.3 is 25.2 Å². The summed E-state index contributed by atoms with van der Waals surface area (Å²) in [7, 11) is 0. The van der Waals surface area contributed by atoms with Crippen LogP contribution < -0.4 is 5.32 Å². The van der Waals surface area contributed by atoms with Crippen molar-refractivity contribution in [3.63, 3.8) is 0 Å². The smallest absolute Gasteiger partial charge is 0.300 e. The third-order valence-corrected chi connectivity index (χ3v) is 2.60. The SMILES string of the molecule is O=CNc1ncn([C@@]2(O)O[C@H](CO)[C@@H](O)[C@H]2O)n1. The molecule has 10 heteroatoms. The van der Waals surface area contributed by atoms with Gasteiger partial charge in [0.2, 0.25) is 12.4 Å². The van der Waals surface area contributed by atoms with E-state index in [9.17, 15) is 20.1 Å². The van der Waals surface area contributed by atoms with Crippen molar-refractivity contribution in [1.82, 2.24) is 14.8 Å². The van der Waals surface area contributed by atoms with Crippen molar-refractivity contribution >= 4 is 12.4 Å². The fourth-order valence-corrected chi connectivity index (χ4v) is 1.66. The zero-order valence-electron chi connectivity index (χ0n) is 9.04. The van der Waals surface area contributed by atoms with Gasteiger partial charge in [-0.15, -0.1) is 5.10 Å². The molecule has 5 N–H and O–H groups in total. The summed E-state index contributed by atoms with van der Waals surface area (Å²) in [6.07, 6.45) is -3.02. The number of hydrogen-bond acceptors (Lipinski definition) is 8. The lowest BCUT2D eigenvalue weighted by atomic mass is 10.1. The maximum Gasteiger partial charge on any atom is 0.300 e. The van der Waals surface area contributed by atoms with Gasteiger partial charge in [0.1, 0.15) is 18.5 Å². The van der Waals surface area contributed by atoms with Crippen molar-refractivity contribution in [2.45, 2.75) is 24.2 Å². The van der Waals surface area contributed by atoms with E-state index in [0.29, 0.717) is 6.41 Å². The normalized spacial score (nSPS) is 35.7. The molecule has 0 bridgehead atoms. The predicted octanol–water partition coefficient (Wildman–Crippen LogP) is -3.44. The quantitative estimate of drug-likeness (QED) is 0.351. The van der Waals surface area contributed by atoms with Gasteiger partial charge in [0, 0.05) is 0 Å². The van der Waals surface area contributed by atoms with Crippen LogP contribution >= 0.6 is 0 Å². The van der Waals surface area contributed by atoms with Crippen molar-refractivity contribution in [2.24, 2.45) is 0 Å². The maximum atomic E-state index is 10.2. The Hall–Kier alpha value is -1.59. The lowest BCUT2D eigenvalue weighted by Gasteiger charge is -2.25. The number of rotatable bonds is 4. The summed E-state index contributed by atoms with van der Waals surface area (Å²) in [4.78, 5) is 13.8. The summed E-state index contributed by atoms with van der Waals surface area (Å²) in [5, 5.41) is 44.0. The van der Waals surface area contributed by atoms with Gasteiger partial charge in [-0.3, -0.25) is 10.1 Å². The Bertz CT molecular complexity index is 439. The lowest BCUT2D eigenvalue weighted by Crippen LogP contribution is -2.46. The van der Waals surface area contributed by atoms with Crippen LogP contribution in [0, 0.1) is 0 Å². The molecule has 1 aliphatic rings. The summed E-state index contributed by atoms with van der Waals surface area (Å²) in [5.74, 6) is -2.47. The largest absolute Gasteiger partial charge is 0.394 e. The standard InChI is InChI=1S/C8H12N4O6/c13-1-4-5(15)6(16)8(17,18-4)12-2-9-7(11-12)10-3-14/h2-6,13,15-17H,1H2,(H,10,11,14)/t4-,5-,6-,8+/m1/s1. The average Bonchev–Trinajstić information content (AvgIpc) is 2.90. The minimum Gasteiger partial charge on any atom is -0.394 e. The van der Waals surface area contributed by atoms with Crippen LogP contribution in [0.1, 0.15) is 0 Å². The minimum absolute atomic E-state index is 0.115. The maximum absolute atomic E-state index is 10.2. The number of ether oxygens (including phenoxy) is 1. The lowest BCUT2D eigenvalue weighted by molar-refractivity contribution is -0.294. The minimum atomic E-state index is -2.36. The first-order valence-corrected chi connectivity index (χ1v) is 5.02. The van der Waals surface area contributed by atoms with E-state index < -0.39 is 30.8 Å². The number of carbonyl (C=O) groups is 1. The molecule has 0 aliphatic carbocycles. The molecule has 2 rings (SSSR count). The highest BCUT2D eigenvalue weighted by molar-refractivity contribution is 5.66. The molecule has 10 nitrogen and oxygen atoms in total. The molecule has 0 radical (unpaired) electrons. The van der Waals surface area contributed by atoms with Gasteiger partial charge in [-0.2, -0.15) is 9.67 Å². The van der Waals surface area contributed by atoms with Gasteiger partial charge in [0.15, 0.2) is 6.10 Å². The van der Waals surface area contributed by atoms with Gasteiger partial charge in [-0.25, -0.2) is 0 Å².